The molecule has 3 aromatic carbocycles. The fourth-order valence-electron chi connectivity index (χ4n) is 7.84. The molecule has 63 heavy (non-hydrogen) atoms. The number of benzene rings is 3. The summed E-state index contributed by atoms with van der Waals surface area (Å²) in [7, 11) is 4.55. The Balaban J connectivity index is 1.15. The first-order valence-corrected chi connectivity index (χ1v) is 20.2. The Morgan fingerprint density at radius 1 is 0.683 bits per heavy atom. The number of nitrogens with one attached hydrogen (secondary N) is 2. The summed E-state index contributed by atoms with van der Waals surface area (Å²) in [5.41, 5.74) is -0.563. The van der Waals surface area contributed by atoms with Crippen LogP contribution in [0.4, 0.5) is 0 Å². The van der Waals surface area contributed by atoms with Crippen molar-refractivity contribution in [3.05, 3.63) is 161 Å². The quantitative estimate of drug-likeness (QED) is 0.0561. The van der Waals surface area contributed by atoms with E-state index in [1.807, 2.05) is 78.9 Å². The van der Waals surface area contributed by atoms with E-state index in [0.717, 1.165) is 16.7 Å². The summed E-state index contributed by atoms with van der Waals surface area (Å²) in [6.45, 7) is 2.38. The van der Waals surface area contributed by atoms with E-state index >= 15 is 0 Å². The molecule has 0 spiro atoms. The highest BCUT2D eigenvalue weighted by Crippen LogP contribution is 2.43. The Morgan fingerprint density at radius 3 is 1.68 bits per heavy atom. The molecule has 4 heterocycles. The minimum Gasteiger partial charge on any atom is -0.497 e. The van der Waals surface area contributed by atoms with Crippen LogP contribution in [0, 0.1) is 13.8 Å². The number of ether oxygens (including phenoxy) is 9. The van der Waals surface area contributed by atoms with Gasteiger partial charge in [-0.25, -0.2) is 14.4 Å². The third-order valence-electron chi connectivity index (χ3n) is 11.1. The predicted octanol–water partition coefficient (Wildman–Crippen LogP) is 3.22. The molecule has 7 rings (SSSR count). The van der Waals surface area contributed by atoms with E-state index in [-0.39, 0.29) is 39.5 Å². The number of hydrogen-bond donors (Lipinski definition) is 2. The van der Waals surface area contributed by atoms with Crippen LogP contribution in [0.15, 0.2) is 110 Å². The highest BCUT2D eigenvalue weighted by molar-refractivity contribution is 5.71. The molecule has 0 aliphatic carbocycles. The van der Waals surface area contributed by atoms with Crippen molar-refractivity contribution >= 4 is 5.97 Å². The first-order chi connectivity index (χ1) is 30.4. The van der Waals surface area contributed by atoms with Crippen molar-refractivity contribution < 1.29 is 47.4 Å². The van der Waals surface area contributed by atoms with E-state index in [1.54, 1.807) is 28.1 Å². The number of aromatic nitrogens is 4. The smallest absolute Gasteiger partial charge is 0.332 e. The number of hydrogen-bond acceptors (Lipinski definition) is 14. The second kappa shape index (κ2) is 19.9. The summed E-state index contributed by atoms with van der Waals surface area (Å²) < 4.78 is 56.3. The number of methoxy groups -OCH3 is 3. The van der Waals surface area contributed by atoms with Crippen LogP contribution in [-0.2, 0) is 43.6 Å². The van der Waals surface area contributed by atoms with E-state index in [4.69, 9.17) is 42.6 Å². The van der Waals surface area contributed by atoms with Gasteiger partial charge < -0.3 is 42.6 Å². The number of aryl methyl sites for hydroxylation is 2. The van der Waals surface area contributed by atoms with Gasteiger partial charge in [0.15, 0.2) is 0 Å². The molecular weight excluding hydrogens is 821 g/mol. The number of nitrogens with zero attached hydrogens (tertiary/aromatic N) is 2. The van der Waals surface area contributed by atoms with Crippen LogP contribution in [0.1, 0.15) is 53.1 Å². The van der Waals surface area contributed by atoms with Gasteiger partial charge in [-0.15, -0.1) is 0 Å². The Bertz CT molecular complexity index is 2520. The number of esters is 1. The van der Waals surface area contributed by atoms with Gasteiger partial charge in [0.25, 0.3) is 11.1 Å². The van der Waals surface area contributed by atoms with Crippen molar-refractivity contribution in [3.8, 4) is 11.5 Å². The van der Waals surface area contributed by atoms with Gasteiger partial charge in [-0.3, -0.25) is 28.7 Å². The van der Waals surface area contributed by atoms with E-state index < -0.39 is 70.9 Å². The van der Waals surface area contributed by atoms with Crippen molar-refractivity contribution in [2.24, 2.45) is 0 Å². The summed E-state index contributed by atoms with van der Waals surface area (Å²) in [4.78, 5) is 67.3. The average Bonchev–Trinajstić information content (AvgIpc) is 3.89. The summed E-state index contributed by atoms with van der Waals surface area (Å²) in [5, 5.41) is 0. The zero-order chi connectivity index (χ0) is 44.7. The number of rotatable bonds is 18. The molecule has 2 aliphatic rings. The molecule has 2 saturated heterocycles. The number of carbonyl (C=O) groups excluding carboxylic acids is 1. The zero-order valence-corrected chi connectivity index (χ0v) is 35.5. The average molecular weight is 871 g/mol. The molecule has 0 radical (unpaired) electrons. The number of aromatic amines is 2. The van der Waals surface area contributed by atoms with Crippen LogP contribution >= 0.6 is 0 Å². The molecule has 18 nitrogen and oxygen atoms in total. The molecule has 2 fully saturated rings. The molecule has 0 amide bonds. The molecule has 5 aromatic rings. The highest BCUT2D eigenvalue weighted by atomic mass is 16.7. The summed E-state index contributed by atoms with van der Waals surface area (Å²) >= 11 is 0. The molecule has 0 bridgehead atoms. The Hall–Kier alpha value is -6.15. The van der Waals surface area contributed by atoms with Gasteiger partial charge in [-0.05, 0) is 54.8 Å². The van der Waals surface area contributed by atoms with Gasteiger partial charge in [-0.1, -0.05) is 54.6 Å². The van der Waals surface area contributed by atoms with Gasteiger partial charge in [0.2, 0.25) is 0 Å². The lowest BCUT2D eigenvalue weighted by Gasteiger charge is -2.37. The fraction of sp³-hybridized carbons (Fsp3) is 0.400. The van der Waals surface area contributed by atoms with E-state index in [9.17, 15) is 24.0 Å². The SMILES string of the molecule is COCC(=O)O[C@H]1C[C@H](n2cc(C)c(=O)[nH]c2=O)O[C@@H]1COCO[C@H]1C[C@H](n2cc(C)c(=O)[nH]c2=O)O[C@@H]1COC(c1ccccc1)(c1ccc(OC)cc1)c1ccc(OC)cc1. The summed E-state index contributed by atoms with van der Waals surface area (Å²) in [6.07, 6.45) is -1.84. The van der Waals surface area contributed by atoms with Crippen molar-refractivity contribution in [3.63, 3.8) is 0 Å². The lowest BCUT2D eigenvalue weighted by molar-refractivity contribution is -0.166. The molecule has 18 heteroatoms. The lowest BCUT2D eigenvalue weighted by atomic mass is 9.80. The lowest BCUT2D eigenvalue weighted by Crippen LogP contribution is -2.39. The maximum atomic E-state index is 13.1. The molecule has 2 N–H and O–H groups in total. The molecule has 2 aromatic heterocycles. The van der Waals surface area contributed by atoms with Gasteiger partial charge in [0.05, 0.1) is 33.5 Å². The van der Waals surface area contributed by atoms with Crippen LogP contribution < -0.4 is 32.0 Å². The van der Waals surface area contributed by atoms with Crippen LogP contribution in [0.2, 0.25) is 0 Å². The minimum absolute atomic E-state index is 0.0521. The Kier molecular flexibility index (Phi) is 14.2. The maximum Gasteiger partial charge on any atom is 0.332 e. The largest absolute Gasteiger partial charge is 0.497 e. The summed E-state index contributed by atoms with van der Waals surface area (Å²) in [5.74, 6) is 0.676. The molecule has 0 unspecified atom stereocenters. The van der Waals surface area contributed by atoms with Crippen molar-refractivity contribution in [2.75, 3.05) is 47.9 Å². The third-order valence-corrected chi connectivity index (χ3v) is 11.1. The van der Waals surface area contributed by atoms with E-state index in [1.165, 1.54) is 28.6 Å². The van der Waals surface area contributed by atoms with Gasteiger partial charge >= 0.3 is 17.3 Å². The monoisotopic (exact) mass is 870 g/mol. The van der Waals surface area contributed by atoms with Gasteiger partial charge in [0, 0.05) is 43.5 Å². The van der Waals surface area contributed by atoms with E-state index in [0.29, 0.717) is 22.6 Å². The highest BCUT2D eigenvalue weighted by Gasteiger charge is 2.44. The second-order valence-corrected chi connectivity index (χ2v) is 15.2. The number of H-pyrrole nitrogens is 2. The topological polar surface area (TPSA) is 210 Å². The predicted molar refractivity (Wildman–Crippen MR) is 225 cm³/mol. The van der Waals surface area contributed by atoms with Crippen molar-refractivity contribution in [1.29, 1.82) is 0 Å². The van der Waals surface area contributed by atoms with Crippen LogP contribution in [0.25, 0.3) is 0 Å². The van der Waals surface area contributed by atoms with Crippen molar-refractivity contribution in [1.82, 2.24) is 19.1 Å². The van der Waals surface area contributed by atoms with Gasteiger partial charge in [-0.2, -0.15) is 0 Å². The van der Waals surface area contributed by atoms with Crippen LogP contribution in [0.5, 0.6) is 11.5 Å². The summed E-state index contributed by atoms with van der Waals surface area (Å²) in [6, 6.07) is 24.9. The zero-order valence-electron chi connectivity index (χ0n) is 35.5. The Labute approximate surface area is 361 Å². The fourth-order valence-corrected chi connectivity index (χ4v) is 7.84. The third kappa shape index (κ3) is 9.91. The molecular formula is C45H50N4O14. The maximum absolute atomic E-state index is 13.1. The Morgan fingerprint density at radius 2 is 1.17 bits per heavy atom. The molecule has 0 saturated carbocycles. The molecule has 2 aliphatic heterocycles. The van der Waals surface area contributed by atoms with Crippen LogP contribution in [-0.4, -0.2) is 97.4 Å². The first-order valence-electron chi connectivity index (χ1n) is 20.2. The first kappa shape index (κ1) is 44.9. The molecule has 6 atom stereocenters. The standard InChI is InChI=1S/C45H50N4O14/c1-27-21-48(43(53)46-41(27)51)38-19-34(59-26-58-23-36-35(63-40(50)25-55-3)20-39(61-36)49-22-28(2)42(52)47-44(49)54)37(62-38)24-60-45(29-9-7-6-8-10-29,30-11-15-32(56-4)16-12-30)31-13-17-33(57-5)18-14-31/h6-18,21-22,34-39H,19-20,23-26H2,1-5H3,(H,46,51,53)(H,47,52,54)/t34-,35-,36+,37+,38+,39+/m0/s1. The second-order valence-electron chi connectivity index (χ2n) is 15.2. The van der Waals surface area contributed by atoms with Crippen molar-refractivity contribution in [2.45, 2.75) is 69.2 Å². The number of carbonyl (C=O) groups is 1. The normalized spacial score (nSPS) is 21.0. The van der Waals surface area contributed by atoms with E-state index in [2.05, 4.69) is 9.97 Å². The van der Waals surface area contributed by atoms with Gasteiger partial charge in [0.1, 0.15) is 61.3 Å². The van der Waals surface area contributed by atoms with Crippen LogP contribution in [0.3, 0.4) is 0 Å². The molecule has 334 valence electrons. The minimum atomic E-state index is -1.20.